The summed E-state index contributed by atoms with van der Waals surface area (Å²) in [6.45, 7) is 3.00. The van der Waals surface area contributed by atoms with E-state index >= 15 is 0 Å². The van der Waals surface area contributed by atoms with Crippen molar-refractivity contribution in [3.05, 3.63) is 29.8 Å². The van der Waals surface area contributed by atoms with Crippen LogP contribution in [0.15, 0.2) is 24.3 Å². The van der Waals surface area contributed by atoms with Gasteiger partial charge in [0.2, 0.25) is 0 Å². The SMILES string of the molecule is CCC(c1ccc(O)cc1)N(CC(=O)O)CC1CC1. The number of benzene rings is 1. The van der Waals surface area contributed by atoms with Gasteiger partial charge in [0.15, 0.2) is 0 Å². The van der Waals surface area contributed by atoms with Gasteiger partial charge in [-0.2, -0.15) is 0 Å². The van der Waals surface area contributed by atoms with Crippen molar-refractivity contribution in [2.24, 2.45) is 5.92 Å². The van der Waals surface area contributed by atoms with E-state index in [4.69, 9.17) is 5.11 Å². The smallest absolute Gasteiger partial charge is 0.317 e. The minimum Gasteiger partial charge on any atom is -0.508 e. The second-order valence-corrected chi connectivity index (χ2v) is 5.28. The Hall–Kier alpha value is -1.55. The Kier molecular flexibility index (Phi) is 4.43. The lowest BCUT2D eigenvalue weighted by atomic mass is 10.0. The Morgan fingerprint density at radius 1 is 1.37 bits per heavy atom. The molecule has 0 aromatic heterocycles. The van der Waals surface area contributed by atoms with Gasteiger partial charge in [-0.3, -0.25) is 9.69 Å². The maximum absolute atomic E-state index is 11.0. The largest absolute Gasteiger partial charge is 0.508 e. The maximum atomic E-state index is 11.0. The van der Waals surface area contributed by atoms with Gasteiger partial charge in [0, 0.05) is 12.6 Å². The number of carboxylic acids is 1. The van der Waals surface area contributed by atoms with Crippen LogP contribution in [0.5, 0.6) is 5.75 Å². The fraction of sp³-hybridized carbons (Fsp3) is 0.533. The molecule has 1 aromatic rings. The summed E-state index contributed by atoms with van der Waals surface area (Å²) in [5.74, 6) is 0.119. The Bertz CT molecular complexity index is 426. The van der Waals surface area contributed by atoms with Gasteiger partial charge in [0.05, 0.1) is 6.54 Å². The number of aromatic hydroxyl groups is 1. The second kappa shape index (κ2) is 6.06. The number of carboxylic acid groups (broad SMARTS) is 1. The molecule has 1 aliphatic rings. The molecule has 2 rings (SSSR count). The summed E-state index contributed by atoms with van der Waals surface area (Å²) < 4.78 is 0. The molecule has 0 saturated heterocycles. The van der Waals surface area contributed by atoms with Gasteiger partial charge in [0.1, 0.15) is 5.75 Å². The first-order chi connectivity index (χ1) is 9.10. The van der Waals surface area contributed by atoms with Crippen molar-refractivity contribution in [1.82, 2.24) is 4.90 Å². The summed E-state index contributed by atoms with van der Waals surface area (Å²) in [7, 11) is 0. The highest BCUT2D eigenvalue weighted by Crippen LogP contribution is 2.34. The summed E-state index contributed by atoms with van der Waals surface area (Å²) in [6.07, 6.45) is 3.29. The lowest BCUT2D eigenvalue weighted by Crippen LogP contribution is -2.35. The highest BCUT2D eigenvalue weighted by molar-refractivity contribution is 5.69. The molecule has 1 aliphatic carbocycles. The van der Waals surface area contributed by atoms with E-state index in [0.717, 1.165) is 18.5 Å². The van der Waals surface area contributed by atoms with Crippen LogP contribution in [0, 0.1) is 5.92 Å². The summed E-state index contributed by atoms with van der Waals surface area (Å²) in [4.78, 5) is 13.1. The molecular formula is C15H21NO3. The Labute approximate surface area is 113 Å². The molecule has 0 bridgehead atoms. The number of nitrogens with zero attached hydrogens (tertiary/aromatic N) is 1. The third kappa shape index (κ3) is 3.96. The first-order valence-corrected chi connectivity index (χ1v) is 6.85. The van der Waals surface area contributed by atoms with Crippen LogP contribution < -0.4 is 0 Å². The quantitative estimate of drug-likeness (QED) is 0.794. The van der Waals surface area contributed by atoms with Crippen LogP contribution in [0.2, 0.25) is 0 Å². The van der Waals surface area contributed by atoms with Gasteiger partial charge in [-0.15, -0.1) is 0 Å². The molecule has 0 amide bonds. The van der Waals surface area contributed by atoms with Crippen molar-refractivity contribution in [3.8, 4) is 5.75 Å². The molecule has 0 heterocycles. The zero-order valence-electron chi connectivity index (χ0n) is 11.2. The zero-order valence-corrected chi connectivity index (χ0v) is 11.2. The Balaban J connectivity index is 2.14. The molecule has 1 atom stereocenters. The van der Waals surface area contributed by atoms with E-state index in [-0.39, 0.29) is 18.3 Å². The Morgan fingerprint density at radius 3 is 2.47 bits per heavy atom. The van der Waals surface area contributed by atoms with Crippen molar-refractivity contribution in [3.63, 3.8) is 0 Å². The fourth-order valence-corrected chi connectivity index (χ4v) is 2.51. The van der Waals surface area contributed by atoms with Gasteiger partial charge >= 0.3 is 5.97 Å². The highest BCUT2D eigenvalue weighted by Gasteiger charge is 2.29. The van der Waals surface area contributed by atoms with Crippen molar-refractivity contribution in [2.45, 2.75) is 32.2 Å². The summed E-state index contributed by atoms with van der Waals surface area (Å²) >= 11 is 0. The molecule has 1 saturated carbocycles. The number of hydrogen-bond acceptors (Lipinski definition) is 3. The van der Waals surface area contributed by atoms with Crippen molar-refractivity contribution >= 4 is 5.97 Å². The first kappa shape index (κ1) is 13.9. The number of phenolic OH excluding ortho intramolecular Hbond substituents is 1. The fourth-order valence-electron chi connectivity index (χ4n) is 2.51. The topological polar surface area (TPSA) is 60.8 Å². The van der Waals surface area contributed by atoms with Crippen molar-refractivity contribution < 1.29 is 15.0 Å². The van der Waals surface area contributed by atoms with E-state index in [1.165, 1.54) is 12.8 Å². The zero-order chi connectivity index (χ0) is 13.8. The summed E-state index contributed by atoms with van der Waals surface area (Å²) in [5, 5.41) is 18.4. The van der Waals surface area contributed by atoms with Crippen LogP contribution in [0.3, 0.4) is 0 Å². The number of carbonyl (C=O) groups is 1. The third-order valence-electron chi connectivity index (χ3n) is 3.63. The molecule has 1 fully saturated rings. The van der Waals surface area contributed by atoms with E-state index in [1.807, 2.05) is 17.0 Å². The standard InChI is InChI=1S/C15H21NO3/c1-2-14(12-5-7-13(17)8-6-12)16(10-15(18)19)9-11-3-4-11/h5-8,11,14,17H,2-4,9-10H2,1H3,(H,18,19). The molecule has 1 aromatic carbocycles. The van der Waals surface area contributed by atoms with E-state index < -0.39 is 5.97 Å². The summed E-state index contributed by atoms with van der Waals surface area (Å²) in [5.41, 5.74) is 1.07. The molecular weight excluding hydrogens is 242 g/mol. The number of hydrogen-bond donors (Lipinski definition) is 2. The van der Waals surface area contributed by atoms with Crippen molar-refractivity contribution in [1.29, 1.82) is 0 Å². The van der Waals surface area contributed by atoms with Gasteiger partial charge in [-0.1, -0.05) is 19.1 Å². The molecule has 2 N–H and O–H groups in total. The molecule has 4 heteroatoms. The molecule has 19 heavy (non-hydrogen) atoms. The molecule has 1 unspecified atom stereocenters. The van der Waals surface area contributed by atoms with Crippen LogP contribution in [-0.2, 0) is 4.79 Å². The van der Waals surface area contributed by atoms with E-state index in [1.54, 1.807) is 12.1 Å². The predicted molar refractivity (Wildman–Crippen MR) is 73.1 cm³/mol. The van der Waals surface area contributed by atoms with Crippen LogP contribution in [0.1, 0.15) is 37.8 Å². The molecule has 0 aliphatic heterocycles. The number of aliphatic carboxylic acids is 1. The monoisotopic (exact) mass is 263 g/mol. The van der Waals surface area contributed by atoms with Crippen LogP contribution >= 0.6 is 0 Å². The lowest BCUT2D eigenvalue weighted by Gasteiger charge is -2.30. The Morgan fingerprint density at radius 2 is 2.00 bits per heavy atom. The third-order valence-corrected chi connectivity index (χ3v) is 3.63. The molecule has 0 radical (unpaired) electrons. The van der Waals surface area contributed by atoms with Gasteiger partial charge in [-0.05, 0) is 42.9 Å². The second-order valence-electron chi connectivity index (χ2n) is 5.28. The number of phenols is 1. The van der Waals surface area contributed by atoms with Crippen LogP contribution in [0.4, 0.5) is 0 Å². The van der Waals surface area contributed by atoms with Crippen molar-refractivity contribution in [2.75, 3.05) is 13.1 Å². The maximum Gasteiger partial charge on any atom is 0.317 e. The lowest BCUT2D eigenvalue weighted by molar-refractivity contribution is -0.139. The average Bonchev–Trinajstić information content (AvgIpc) is 3.15. The molecule has 4 nitrogen and oxygen atoms in total. The molecule has 104 valence electrons. The number of rotatable bonds is 7. The minimum absolute atomic E-state index is 0.0792. The van der Waals surface area contributed by atoms with E-state index in [2.05, 4.69) is 6.92 Å². The van der Waals surface area contributed by atoms with Crippen LogP contribution in [0.25, 0.3) is 0 Å². The van der Waals surface area contributed by atoms with Crippen LogP contribution in [-0.4, -0.2) is 34.2 Å². The van der Waals surface area contributed by atoms with Gasteiger partial charge in [0.25, 0.3) is 0 Å². The van der Waals surface area contributed by atoms with Gasteiger partial charge < -0.3 is 10.2 Å². The first-order valence-electron chi connectivity index (χ1n) is 6.85. The molecule has 0 spiro atoms. The minimum atomic E-state index is -0.780. The normalized spacial score (nSPS) is 16.5. The van der Waals surface area contributed by atoms with E-state index in [9.17, 15) is 9.90 Å². The van der Waals surface area contributed by atoms with Gasteiger partial charge in [-0.25, -0.2) is 0 Å². The van der Waals surface area contributed by atoms with E-state index in [0.29, 0.717) is 5.92 Å². The average molecular weight is 263 g/mol. The highest BCUT2D eigenvalue weighted by atomic mass is 16.4. The predicted octanol–water partition coefficient (Wildman–Crippen LogP) is 2.64. The summed E-state index contributed by atoms with van der Waals surface area (Å²) in [6, 6.07) is 7.19.